The normalized spacial score (nSPS) is 19.8. The van der Waals surface area contributed by atoms with Crippen molar-refractivity contribution in [2.75, 3.05) is 0 Å². The van der Waals surface area contributed by atoms with E-state index in [1.54, 1.807) is 0 Å². The molecule has 36 heavy (non-hydrogen) atoms. The van der Waals surface area contributed by atoms with E-state index in [1.165, 1.54) is 53.5 Å². The second-order valence-corrected chi connectivity index (χ2v) is 11.3. The molecule has 2 unspecified atom stereocenters. The second-order valence-electron chi connectivity index (χ2n) is 10.2. The molecule has 0 saturated heterocycles. The quantitative estimate of drug-likeness (QED) is 0.227. The molecule has 176 valence electrons. The van der Waals surface area contributed by atoms with Crippen LogP contribution in [0, 0.1) is 11.8 Å². The van der Waals surface area contributed by atoms with Crippen LogP contribution in [-0.4, -0.2) is 10.9 Å². The first kappa shape index (κ1) is 21.6. The number of hydrogen-bond donors (Lipinski definition) is 0. The summed E-state index contributed by atoms with van der Waals surface area (Å²) in [6, 6.07) is 23.8. The minimum absolute atomic E-state index is 0.454. The Morgan fingerprint density at radius 2 is 1.69 bits per heavy atom. The van der Waals surface area contributed by atoms with Gasteiger partial charge in [-0.05, 0) is 53.5 Å². The lowest BCUT2D eigenvalue weighted by Gasteiger charge is -2.26. The molecule has 7 rings (SSSR count). The Morgan fingerprint density at radius 1 is 0.889 bits per heavy atom. The molecule has 5 aromatic rings. The molecular weight excluding hydrogens is 456 g/mol. The van der Waals surface area contributed by atoms with E-state index in [9.17, 15) is 0 Å². The molecule has 0 amide bonds. The van der Waals surface area contributed by atoms with Crippen LogP contribution >= 0.6 is 11.3 Å². The number of benzene rings is 3. The topological polar surface area (TPSA) is 17.3 Å². The smallest absolute Gasteiger partial charge is 0.0906 e. The first-order valence-corrected chi connectivity index (χ1v) is 13.7. The summed E-state index contributed by atoms with van der Waals surface area (Å²) >= 11 is 1.88. The summed E-state index contributed by atoms with van der Waals surface area (Å²) in [5.41, 5.74) is 7.98. The third-order valence-corrected chi connectivity index (χ3v) is 8.88. The number of rotatable bonds is 3. The SMILES string of the molecule is CC1C=CC=C(C2=Cc3c(n(/N=C/c4ccccc4)c4c3ccc3c5ccccc5sc34)CC2C)C1. The molecule has 2 atom stereocenters. The van der Waals surface area contributed by atoms with Gasteiger partial charge in [-0.3, -0.25) is 0 Å². The van der Waals surface area contributed by atoms with Crippen molar-refractivity contribution in [1.29, 1.82) is 0 Å². The predicted molar refractivity (Wildman–Crippen MR) is 156 cm³/mol. The summed E-state index contributed by atoms with van der Waals surface area (Å²) in [4.78, 5) is 0. The van der Waals surface area contributed by atoms with E-state index in [1.807, 2.05) is 17.6 Å². The van der Waals surface area contributed by atoms with Crippen LogP contribution < -0.4 is 0 Å². The molecule has 2 aliphatic rings. The number of fused-ring (bicyclic) bond motifs is 7. The van der Waals surface area contributed by atoms with Gasteiger partial charge >= 0.3 is 0 Å². The maximum absolute atomic E-state index is 5.13. The molecular formula is C33H28N2S. The predicted octanol–water partition coefficient (Wildman–Crippen LogP) is 8.99. The van der Waals surface area contributed by atoms with Gasteiger partial charge in [0.15, 0.2) is 0 Å². The lowest BCUT2D eigenvalue weighted by atomic mass is 9.79. The van der Waals surface area contributed by atoms with E-state index >= 15 is 0 Å². The van der Waals surface area contributed by atoms with Crippen molar-refractivity contribution in [2.45, 2.75) is 26.7 Å². The minimum Gasteiger partial charge on any atom is -0.235 e. The lowest BCUT2D eigenvalue weighted by molar-refractivity contribution is 0.619. The summed E-state index contributed by atoms with van der Waals surface area (Å²) in [6.07, 6.45) is 13.5. The maximum Gasteiger partial charge on any atom is 0.0906 e. The molecule has 0 radical (unpaired) electrons. The fourth-order valence-electron chi connectivity index (χ4n) is 5.92. The van der Waals surface area contributed by atoms with Gasteiger partial charge in [-0.25, -0.2) is 4.68 Å². The average Bonchev–Trinajstić information content (AvgIpc) is 3.43. The Morgan fingerprint density at radius 3 is 2.56 bits per heavy atom. The van der Waals surface area contributed by atoms with Crippen LogP contribution in [0.4, 0.5) is 0 Å². The average molecular weight is 485 g/mol. The van der Waals surface area contributed by atoms with Crippen LogP contribution in [0.25, 0.3) is 37.2 Å². The van der Waals surface area contributed by atoms with Gasteiger partial charge < -0.3 is 0 Å². The van der Waals surface area contributed by atoms with Crippen molar-refractivity contribution in [3.05, 3.63) is 113 Å². The van der Waals surface area contributed by atoms with Crippen molar-refractivity contribution in [1.82, 2.24) is 4.68 Å². The van der Waals surface area contributed by atoms with Crippen molar-refractivity contribution in [2.24, 2.45) is 16.9 Å². The van der Waals surface area contributed by atoms with Crippen LogP contribution in [0.5, 0.6) is 0 Å². The third kappa shape index (κ3) is 3.42. The van der Waals surface area contributed by atoms with E-state index in [4.69, 9.17) is 5.10 Å². The van der Waals surface area contributed by atoms with Gasteiger partial charge in [-0.15, -0.1) is 11.3 Å². The van der Waals surface area contributed by atoms with Crippen molar-refractivity contribution >= 4 is 54.7 Å². The molecule has 0 aliphatic heterocycles. The fourth-order valence-corrected chi connectivity index (χ4v) is 7.16. The summed E-state index contributed by atoms with van der Waals surface area (Å²) in [7, 11) is 0. The number of allylic oxidation sites excluding steroid dienone is 5. The van der Waals surface area contributed by atoms with E-state index in [2.05, 4.69) is 110 Å². The van der Waals surface area contributed by atoms with Crippen LogP contribution in [0.1, 0.15) is 37.1 Å². The van der Waals surface area contributed by atoms with Gasteiger partial charge in [-0.2, -0.15) is 5.10 Å². The van der Waals surface area contributed by atoms with Crippen LogP contribution in [0.3, 0.4) is 0 Å². The Bertz CT molecular complexity index is 1760. The van der Waals surface area contributed by atoms with Crippen molar-refractivity contribution in [3.8, 4) is 0 Å². The molecule has 2 heterocycles. The molecule has 2 nitrogen and oxygen atoms in total. The Balaban J connectivity index is 1.51. The van der Waals surface area contributed by atoms with E-state index in [-0.39, 0.29) is 0 Å². The van der Waals surface area contributed by atoms with Gasteiger partial charge in [0.2, 0.25) is 0 Å². The second kappa shape index (κ2) is 8.46. The van der Waals surface area contributed by atoms with Gasteiger partial charge in [0.25, 0.3) is 0 Å². The molecule has 3 aromatic carbocycles. The molecule has 0 fully saturated rings. The van der Waals surface area contributed by atoms with Crippen LogP contribution in [0.2, 0.25) is 0 Å². The zero-order chi connectivity index (χ0) is 24.2. The van der Waals surface area contributed by atoms with E-state index in [0.717, 1.165) is 18.4 Å². The van der Waals surface area contributed by atoms with Crippen molar-refractivity contribution < 1.29 is 0 Å². The first-order valence-electron chi connectivity index (χ1n) is 12.8. The molecule has 0 bridgehead atoms. The van der Waals surface area contributed by atoms with Crippen molar-refractivity contribution in [3.63, 3.8) is 0 Å². The zero-order valence-corrected chi connectivity index (χ0v) is 21.4. The number of hydrogen-bond acceptors (Lipinski definition) is 2. The summed E-state index contributed by atoms with van der Waals surface area (Å²) in [5, 5.41) is 9.08. The molecule has 0 N–H and O–H groups in total. The maximum atomic E-state index is 5.13. The Hall–Kier alpha value is -3.69. The zero-order valence-electron chi connectivity index (χ0n) is 20.6. The number of nitrogens with zero attached hydrogens (tertiary/aromatic N) is 2. The molecule has 2 aliphatic carbocycles. The highest BCUT2D eigenvalue weighted by atomic mass is 32.1. The summed E-state index contributed by atoms with van der Waals surface area (Å²) in [6.45, 7) is 4.68. The minimum atomic E-state index is 0.454. The number of thiophene rings is 1. The molecule has 0 spiro atoms. The van der Waals surface area contributed by atoms with Gasteiger partial charge in [0, 0.05) is 26.4 Å². The summed E-state index contributed by atoms with van der Waals surface area (Å²) in [5.74, 6) is 1.05. The fraction of sp³-hybridized carbons (Fsp3) is 0.182. The van der Waals surface area contributed by atoms with Gasteiger partial charge in [0.05, 0.1) is 22.1 Å². The molecule has 0 saturated carbocycles. The van der Waals surface area contributed by atoms with Crippen LogP contribution in [-0.2, 0) is 6.42 Å². The highest BCUT2D eigenvalue weighted by molar-refractivity contribution is 7.26. The summed E-state index contributed by atoms with van der Waals surface area (Å²) < 4.78 is 4.90. The van der Waals surface area contributed by atoms with E-state index in [0.29, 0.717) is 11.8 Å². The van der Waals surface area contributed by atoms with Crippen LogP contribution in [0.15, 0.2) is 101 Å². The third-order valence-electron chi connectivity index (χ3n) is 7.69. The highest BCUT2D eigenvalue weighted by Gasteiger charge is 2.28. The van der Waals surface area contributed by atoms with E-state index < -0.39 is 0 Å². The molecule has 3 heteroatoms. The lowest BCUT2D eigenvalue weighted by Crippen LogP contribution is -2.15. The van der Waals surface area contributed by atoms with Gasteiger partial charge in [0.1, 0.15) is 0 Å². The Labute approximate surface area is 215 Å². The first-order chi connectivity index (χ1) is 17.7. The Kier molecular flexibility index (Phi) is 5.07. The standard InChI is InChI=1S/C33H28N2S/c1-21-9-8-12-24(17-21)28-19-29-26-15-16-27-25-13-6-7-14-31(25)36-33(27)32(26)35(30(29)18-22(28)2)34-20-23-10-4-3-5-11-23/h3-16,19-22H,17-18H2,1-2H3/b34-20+. The number of aromatic nitrogens is 1. The van der Waals surface area contributed by atoms with Gasteiger partial charge in [-0.1, -0.05) is 92.7 Å². The highest BCUT2D eigenvalue weighted by Crippen LogP contribution is 2.45. The molecule has 2 aromatic heterocycles. The monoisotopic (exact) mass is 484 g/mol. The largest absolute Gasteiger partial charge is 0.235 e.